The highest BCUT2D eigenvalue weighted by Gasteiger charge is 2.12. The molecule has 1 heterocycles. The van der Waals surface area contributed by atoms with Crippen LogP contribution in [0.1, 0.15) is 0 Å². The lowest BCUT2D eigenvalue weighted by atomic mass is 10.2. The van der Waals surface area contributed by atoms with E-state index in [0.717, 1.165) is 11.1 Å². The quantitative estimate of drug-likeness (QED) is 0.211. The molecule has 4 aromatic carbocycles. The second kappa shape index (κ2) is 11.2. The lowest BCUT2D eigenvalue weighted by Crippen LogP contribution is -2.19. The van der Waals surface area contributed by atoms with Crippen molar-refractivity contribution in [2.24, 2.45) is 0 Å². The van der Waals surface area contributed by atoms with Crippen molar-refractivity contribution in [3.63, 3.8) is 0 Å². The van der Waals surface area contributed by atoms with E-state index in [1.807, 2.05) is 66.7 Å². The summed E-state index contributed by atoms with van der Waals surface area (Å²) in [6.07, 6.45) is 1.44. The minimum absolute atomic E-state index is 0.417. The predicted octanol–water partition coefficient (Wildman–Crippen LogP) is 6.83. The number of fused-ring (bicyclic) bond motifs is 1. The van der Waals surface area contributed by atoms with Crippen LogP contribution < -0.4 is 30.2 Å². The summed E-state index contributed by atoms with van der Waals surface area (Å²) >= 11 is 0. The minimum Gasteiger partial charge on any atom is -0.497 e. The van der Waals surface area contributed by atoms with Crippen molar-refractivity contribution in [2.75, 3.05) is 30.2 Å². The Morgan fingerprint density at radius 3 is 2.16 bits per heavy atom. The second-order valence-electron chi connectivity index (χ2n) is 8.17. The van der Waals surface area contributed by atoms with Gasteiger partial charge in [0.05, 0.1) is 25.4 Å². The fourth-order valence-corrected chi connectivity index (χ4v) is 3.85. The number of aromatic nitrogens is 2. The SMILES string of the molecule is COc1cc(Nc2ncnc3c(NC(=O)Nc4cccc(Oc5ccccc5)c4)cccc23)cc(OC)c1. The molecule has 0 unspecified atom stereocenters. The molecule has 0 bridgehead atoms. The molecule has 0 aliphatic heterocycles. The van der Waals surface area contributed by atoms with E-state index in [2.05, 4.69) is 25.9 Å². The van der Waals surface area contributed by atoms with E-state index in [9.17, 15) is 4.79 Å². The van der Waals surface area contributed by atoms with Gasteiger partial charge >= 0.3 is 6.03 Å². The van der Waals surface area contributed by atoms with Gasteiger partial charge in [-0.1, -0.05) is 30.3 Å². The summed E-state index contributed by atoms with van der Waals surface area (Å²) < 4.78 is 16.6. The molecule has 5 aromatic rings. The van der Waals surface area contributed by atoms with E-state index >= 15 is 0 Å². The number of methoxy groups -OCH3 is 2. The van der Waals surface area contributed by atoms with Crippen LogP contribution in [0.15, 0.2) is 97.3 Å². The van der Waals surface area contributed by atoms with Gasteiger partial charge in [0.25, 0.3) is 0 Å². The number of nitrogens with zero attached hydrogens (tertiary/aromatic N) is 2. The Balaban J connectivity index is 1.33. The number of benzene rings is 4. The van der Waals surface area contributed by atoms with Gasteiger partial charge in [-0.2, -0.15) is 0 Å². The molecule has 0 spiro atoms. The van der Waals surface area contributed by atoms with Crippen molar-refractivity contribution in [1.29, 1.82) is 0 Å². The third-order valence-electron chi connectivity index (χ3n) is 5.60. The number of nitrogens with one attached hydrogen (secondary N) is 3. The van der Waals surface area contributed by atoms with Crippen LogP contribution in [0.5, 0.6) is 23.0 Å². The van der Waals surface area contributed by atoms with Crippen molar-refractivity contribution >= 4 is 39.8 Å². The zero-order valence-corrected chi connectivity index (χ0v) is 20.8. The van der Waals surface area contributed by atoms with Crippen LogP contribution in [-0.4, -0.2) is 30.2 Å². The molecule has 0 saturated carbocycles. The van der Waals surface area contributed by atoms with Gasteiger partial charge < -0.3 is 30.2 Å². The van der Waals surface area contributed by atoms with Crippen LogP contribution in [0.4, 0.5) is 27.7 Å². The number of para-hydroxylation sites is 2. The van der Waals surface area contributed by atoms with Crippen molar-refractivity contribution < 1.29 is 19.0 Å². The van der Waals surface area contributed by atoms with Crippen molar-refractivity contribution in [1.82, 2.24) is 9.97 Å². The van der Waals surface area contributed by atoms with Gasteiger partial charge in [0, 0.05) is 41.0 Å². The smallest absolute Gasteiger partial charge is 0.323 e. The van der Waals surface area contributed by atoms with E-state index in [-0.39, 0.29) is 0 Å². The minimum atomic E-state index is -0.417. The van der Waals surface area contributed by atoms with Crippen LogP contribution in [0, 0.1) is 0 Å². The molecule has 190 valence electrons. The van der Waals surface area contributed by atoms with Gasteiger partial charge in [-0.25, -0.2) is 14.8 Å². The number of rotatable bonds is 8. The van der Waals surface area contributed by atoms with Gasteiger partial charge in [0.15, 0.2) is 0 Å². The molecule has 0 atom stereocenters. The number of ether oxygens (including phenoxy) is 3. The Hall–Kier alpha value is -5.31. The van der Waals surface area contributed by atoms with Gasteiger partial charge in [-0.15, -0.1) is 0 Å². The molecule has 0 saturated heterocycles. The topological polar surface area (TPSA) is 107 Å². The number of hydrogen-bond donors (Lipinski definition) is 3. The van der Waals surface area contributed by atoms with Crippen molar-refractivity contribution in [3.05, 3.63) is 97.3 Å². The maximum Gasteiger partial charge on any atom is 0.323 e. The monoisotopic (exact) mass is 507 g/mol. The fraction of sp³-hybridized carbons (Fsp3) is 0.0690. The van der Waals surface area contributed by atoms with Crippen molar-refractivity contribution in [2.45, 2.75) is 0 Å². The van der Waals surface area contributed by atoms with Gasteiger partial charge in [-0.3, -0.25) is 0 Å². The third kappa shape index (κ3) is 5.73. The molecular formula is C29H25N5O4. The molecule has 0 fully saturated rings. The number of carbonyl (C=O) groups excluding carboxylic acids is 1. The fourth-order valence-electron chi connectivity index (χ4n) is 3.85. The van der Waals surface area contributed by atoms with Gasteiger partial charge in [0.1, 0.15) is 35.1 Å². The van der Waals surface area contributed by atoms with Crippen LogP contribution in [-0.2, 0) is 0 Å². The zero-order valence-electron chi connectivity index (χ0n) is 20.8. The first-order chi connectivity index (χ1) is 18.6. The normalized spacial score (nSPS) is 10.5. The number of amides is 2. The van der Waals surface area contributed by atoms with E-state index in [1.54, 1.807) is 38.5 Å². The number of urea groups is 1. The lowest BCUT2D eigenvalue weighted by Gasteiger charge is -2.14. The molecule has 5 rings (SSSR count). The first-order valence-corrected chi connectivity index (χ1v) is 11.8. The van der Waals surface area contributed by atoms with Crippen LogP contribution in [0.2, 0.25) is 0 Å². The Labute approximate surface area is 219 Å². The lowest BCUT2D eigenvalue weighted by molar-refractivity contribution is 0.262. The summed E-state index contributed by atoms with van der Waals surface area (Å²) in [5.41, 5.74) is 2.43. The van der Waals surface area contributed by atoms with E-state index in [0.29, 0.717) is 45.7 Å². The Kier molecular flexibility index (Phi) is 7.17. The van der Waals surface area contributed by atoms with Gasteiger partial charge in [-0.05, 0) is 36.4 Å². The standard InChI is InChI=1S/C29H25N5O4/c1-36-23-15-20(16-24(17-23)37-2)32-28-25-12-7-13-26(27(25)30-18-31-28)34-29(35)33-19-8-6-11-22(14-19)38-21-9-4-3-5-10-21/h3-18H,1-2H3,(H,30,31,32)(H2,33,34,35). The number of hydrogen-bond acceptors (Lipinski definition) is 7. The highest BCUT2D eigenvalue weighted by molar-refractivity contribution is 6.07. The second-order valence-corrected chi connectivity index (χ2v) is 8.17. The highest BCUT2D eigenvalue weighted by Crippen LogP contribution is 2.31. The largest absolute Gasteiger partial charge is 0.497 e. The highest BCUT2D eigenvalue weighted by atomic mass is 16.5. The van der Waals surface area contributed by atoms with Crippen molar-refractivity contribution in [3.8, 4) is 23.0 Å². The summed E-state index contributed by atoms with van der Waals surface area (Å²) in [7, 11) is 3.18. The molecule has 1 aromatic heterocycles. The first-order valence-electron chi connectivity index (χ1n) is 11.8. The molecule has 9 nitrogen and oxygen atoms in total. The Morgan fingerprint density at radius 1 is 0.684 bits per heavy atom. The Bertz CT molecular complexity index is 1550. The summed E-state index contributed by atoms with van der Waals surface area (Å²) in [5.74, 6) is 3.17. The first kappa shape index (κ1) is 24.4. The molecule has 9 heteroatoms. The summed E-state index contributed by atoms with van der Waals surface area (Å²) in [6, 6.07) is 27.1. The maximum absolute atomic E-state index is 12.9. The molecule has 0 aliphatic rings. The van der Waals surface area contributed by atoms with Gasteiger partial charge in [0.2, 0.25) is 0 Å². The van der Waals surface area contributed by atoms with Crippen LogP contribution in [0.3, 0.4) is 0 Å². The summed E-state index contributed by atoms with van der Waals surface area (Å²) in [5, 5.41) is 9.74. The average molecular weight is 508 g/mol. The third-order valence-corrected chi connectivity index (χ3v) is 5.60. The molecule has 2 amide bonds. The van der Waals surface area contributed by atoms with E-state index in [4.69, 9.17) is 14.2 Å². The molecule has 3 N–H and O–H groups in total. The maximum atomic E-state index is 12.9. The average Bonchev–Trinajstić information content (AvgIpc) is 2.94. The van der Waals surface area contributed by atoms with E-state index < -0.39 is 6.03 Å². The van der Waals surface area contributed by atoms with Crippen LogP contribution >= 0.6 is 0 Å². The number of anilines is 4. The summed E-state index contributed by atoms with van der Waals surface area (Å²) in [6.45, 7) is 0. The predicted molar refractivity (Wildman–Crippen MR) is 148 cm³/mol. The molecule has 0 radical (unpaired) electrons. The van der Waals surface area contributed by atoms with E-state index in [1.165, 1.54) is 6.33 Å². The molecule has 38 heavy (non-hydrogen) atoms. The Morgan fingerprint density at radius 2 is 1.39 bits per heavy atom. The number of carbonyl (C=O) groups is 1. The molecule has 0 aliphatic carbocycles. The summed E-state index contributed by atoms with van der Waals surface area (Å²) in [4.78, 5) is 21.7. The zero-order chi connectivity index (χ0) is 26.3. The molecular weight excluding hydrogens is 482 g/mol. The van der Waals surface area contributed by atoms with Crippen LogP contribution in [0.25, 0.3) is 10.9 Å².